The second-order valence-corrected chi connectivity index (χ2v) is 6.96. The van der Waals surface area contributed by atoms with Crippen LogP contribution in [0.2, 0.25) is 5.02 Å². The molecule has 0 bridgehead atoms. The van der Waals surface area contributed by atoms with Crippen LogP contribution in [-0.2, 0) is 27.2 Å². The molecular weight excluding hydrogens is 320 g/mol. The van der Waals surface area contributed by atoms with Crippen molar-refractivity contribution in [2.45, 2.75) is 25.2 Å². The van der Waals surface area contributed by atoms with Crippen LogP contribution in [-0.4, -0.2) is 15.4 Å². The normalized spacial score (nSPS) is 15.3. The van der Waals surface area contributed by atoms with Gasteiger partial charge in [0, 0.05) is 5.02 Å². The van der Waals surface area contributed by atoms with Crippen LogP contribution in [0.15, 0.2) is 48.5 Å². The molecule has 0 aliphatic rings. The van der Waals surface area contributed by atoms with Crippen LogP contribution in [0.5, 0.6) is 0 Å². The summed E-state index contributed by atoms with van der Waals surface area (Å²) in [6, 6.07) is 14.8. The lowest BCUT2D eigenvalue weighted by Crippen LogP contribution is -2.32. The van der Waals surface area contributed by atoms with Crippen molar-refractivity contribution in [3.05, 3.63) is 70.2 Å². The topological polar surface area (TPSA) is 49.4 Å². The van der Waals surface area contributed by atoms with E-state index in [1.54, 1.807) is 19.1 Å². The third kappa shape index (κ3) is 4.17. The number of halogens is 1. The van der Waals surface area contributed by atoms with Crippen LogP contribution >= 0.6 is 11.6 Å². The molecule has 0 saturated carbocycles. The maximum atomic E-state index is 11.7. The van der Waals surface area contributed by atoms with E-state index in [4.69, 9.17) is 16.3 Å². The second-order valence-electron chi connectivity index (χ2n) is 5.27. The van der Waals surface area contributed by atoms with Gasteiger partial charge >= 0.3 is 0 Å². The molecule has 2 atom stereocenters. The van der Waals surface area contributed by atoms with Crippen LogP contribution in [0.25, 0.3) is 0 Å². The van der Waals surface area contributed by atoms with Crippen LogP contribution in [0.3, 0.4) is 0 Å². The van der Waals surface area contributed by atoms with Crippen molar-refractivity contribution < 1.29 is 13.5 Å². The van der Waals surface area contributed by atoms with Gasteiger partial charge in [0.25, 0.3) is 0 Å². The van der Waals surface area contributed by atoms with Gasteiger partial charge in [-0.2, -0.15) is 0 Å². The molecule has 0 radical (unpaired) electrons. The maximum absolute atomic E-state index is 11.7. The van der Waals surface area contributed by atoms with E-state index in [9.17, 15) is 8.76 Å². The Labute approximate surface area is 138 Å². The van der Waals surface area contributed by atoms with Crippen molar-refractivity contribution in [3.8, 4) is 0 Å². The zero-order valence-corrected chi connectivity index (χ0v) is 14.1. The minimum Gasteiger partial charge on any atom is -0.770 e. The Morgan fingerprint density at radius 3 is 2.27 bits per heavy atom. The van der Waals surface area contributed by atoms with Gasteiger partial charge in [0.05, 0.1) is 6.61 Å². The molecule has 0 amide bonds. The Bertz CT molecular complexity index is 640. The Balaban J connectivity index is 2.07. The van der Waals surface area contributed by atoms with Crippen LogP contribution in [0, 0.1) is 6.92 Å². The fourth-order valence-electron chi connectivity index (χ4n) is 2.10. The molecular formula is C17H18ClO3S-. The Kier molecular flexibility index (Phi) is 5.75. The molecule has 0 fully saturated rings. The maximum Gasteiger partial charge on any atom is 0.152 e. The van der Waals surface area contributed by atoms with Crippen LogP contribution in [0.4, 0.5) is 0 Å². The standard InChI is InChI=1S/C17H19ClO3S/c1-13-3-7-15(8-4-13)17(2,22(19)20)21-12-11-14-5-9-16(18)10-6-14/h3-10H,11-12H2,1-2H3,(H,19,20)/p-1. The van der Waals surface area contributed by atoms with E-state index in [1.807, 2.05) is 43.3 Å². The van der Waals surface area contributed by atoms with Gasteiger partial charge in [0.15, 0.2) is 4.93 Å². The SMILES string of the molecule is Cc1ccc(C(C)(OCCc2ccc(Cl)cc2)S(=O)[O-])cc1. The summed E-state index contributed by atoms with van der Waals surface area (Å²) in [5.41, 5.74) is 2.75. The van der Waals surface area contributed by atoms with Gasteiger partial charge in [-0.05, 0) is 54.6 Å². The largest absolute Gasteiger partial charge is 0.770 e. The lowest BCUT2D eigenvalue weighted by molar-refractivity contribution is 0.0287. The summed E-state index contributed by atoms with van der Waals surface area (Å²) < 4.78 is 29.0. The van der Waals surface area contributed by atoms with E-state index < -0.39 is 16.0 Å². The van der Waals surface area contributed by atoms with Crippen LogP contribution < -0.4 is 0 Å². The second kappa shape index (κ2) is 7.38. The van der Waals surface area contributed by atoms with E-state index in [0.717, 1.165) is 11.1 Å². The van der Waals surface area contributed by atoms with Gasteiger partial charge in [-0.15, -0.1) is 0 Å². The summed E-state index contributed by atoms with van der Waals surface area (Å²) in [6.45, 7) is 3.83. The van der Waals surface area contributed by atoms with Gasteiger partial charge < -0.3 is 9.29 Å². The highest BCUT2D eigenvalue weighted by molar-refractivity contribution is 7.80. The first kappa shape index (κ1) is 17.2. The van der Waals surface area contributed by atoms with E-state index in [0.29, 0.717) is 23.6 Å². The molecule has 2 unspecified atom stereocenters. The third-order valence-electron chi connectivity index (χ3n) is 3.58. The summed E-state index contributed by atoms with van der Waals surface area (Å²) in [4.78, 5) is -1.35. The minimum absolute atomic E-state index is 0.306. The summed E-state index contributed by atoms with van der Waals surface area (Å²) in [5.74, 6) is 0. The van der Waals surface area contributed by atoms with E-state index in [2.05, 4.69) is 0 Å². The van der Waals surface area contributed by atoms with Crippen LogP contribution in [0.1, 0.15) is 23.6 Å². The van der Waals surface area contributed by atoms with Gasteiger partial charge in [-0.3, -0.25) is 4.21 Å². The first-order valence-electron chi connectivity index (χ1n) is 6.97. The highest BCUT2D eigenvalue weighted by Gasteiger charge is 2.28. The summed E-state index contributed by atoms with van der Waals surface area (Å²) >= 11 is 3.46. The summed E-state index contributed by atoms with van der Waals surface area (Å²) in [6.07, 6.45) is 0.621. The molecule has 2 rings (SSSR count). The molecule has 0 heterocycles. The molecule has 118 valence electrons. The zero-order chi connectivity index (χ0) is 16.2. The number of ether oxygens (including phenoxy) is 1. The first-order chi connectivity index (χ1) is 10.4. The molecule has 2 aromatic rings. The average Bonchev–Trinajstić information content (AvgIpc) is 2.49. The molecule has 0 aliphatic carbocycles. The number of hydrogen-bond donors (Lipinski definition) is 0. The predicted molar refractivity (Wildman–Crippen MR) is 88.6 cm³/mol. The van der Waals surface area contributed by atoms with E-state index in [-0.39, 0.29) is 0 Å². The summed E-state index contributed by atoms with van der Waals surface area (Å²) in [5, 5.41) is 0.676. The lowest BCUT2D eigenvalue weighted by atomic mass is 10.1. The smallest absolute Gasteiger partial charge is 0.152 e. The quantitative estimate of drug-likeness (QED) is 0.750. The lowest BCUT2D eigenvalue weighted by Gasteiger charge is -2.32. The van der Waals surface area contributed by atoms with Gasteiger partial charge in [0.1, 0.15) is 0 Å². The molecule has 5 heteroatoms. The first-order valence-corrected chi connectivity index (χ1v) is 8.42. The molecule has 0 aromatic heterocycles. The number of rotatable bonds is 6. The molecule has 0 spiro atoms. The number of hydrogen-bond acceptors (Lipinski definition) is 3. The van der Waals surface area contributed by atoms with Gasteiger partial charge in [0.2, 0.25) is 0 Å². The zero-order valence-electron chi connectivity index (χ0n) is 12.5. The summed E-state index contributed by atoms with van der Waals surface area (Å²) in [7, 11) is 0. The fourth-order valence-corrected chi connectivity index (χ4v) is 2.73. The molecule has 3 nitrogen and oxygen atoms in total. The van der Waals surface area contributed by atoms with E-state index >= 15 is 0 Å². The minimum atomic E-state index is -2.38. The van der Waals surface area contributed by atoms with Gasteiger partial charge in [-0.1, -0.05) is 53.6 Å². The van der Waals surface area contributed by atoms with Gasteiger partial charge in [-0.25, -0.2) is 0 Å². The molecule has 0 N–H and O–H groups in total. The Hall–Kier alpha value is -1.20. The molecule has 2 aromatic carbocycles. The van der Waals surface area contributed by atoms with Crippen molar-refractivity contribution in [3.63, 3.8) is 0 Å². The highest BCUT2D eigenvalue weighted by Crippen LogP contribution is 2.29. The third-order valence-corrected chi connectivity index (χ3v) is 4.82. The van der Waals surface area contributed by atoms with Crippen molar-refractivity contribution in [1.29, 1.82) is 0 Å². The number of aryl methyl sites for hydroxylation is 1. The molecule has 22 heavy (non-hydrogen) atoms. The predicted octanol–water partition coefficient (Wildman–Crippen LogP) is 3.96. The monoisotopic (exact) mass is 337 g/mol. The van der Waals surface area contributed by atoms with Crippen molar-refractivity contribution in [2.75, 3.05) is 6.61 Å². The van der Waals surface area contributed by atoms with Crippen molar-refractivity contribution >= 4 is 22.7 Å². The number of benzene rings is 2. The van der Waals surface area contributed by atoms with Crippen molar-refractivity contribution in [1.82, 2.24) is 0 Å². The van der Waals surface area contributed by atoms with Crippen molar-refractivity contribution in [2.24, 2.45) is 0 Å². The molecule has 0 saturated heterocycles. The molecule has 0 aliphatic heterocycles. The average molecular weight is 338 g/mol. The Morgan fingerprint density at radius 2 is 1.73 bits per heavy atom. The fraction of sp³-hybridized carbons (Fsp3) is 0.294. The van der Waals surface area contributed by atoms with E-state index in [1.165, 1.54) is 0 Å². The Morgan fingerprint density at radius 1 is 1.14 bits per heavy atom. The highest BCUT2D eigenvalue weighted by atomic mass is 35.5.